The summed E-state index contributed by atoms with van der Waals surface area (Å²) in [5.74, 6) is 1.35. The van der Waals surface area contributed by atoms with Gasteiger partial charge in [0.15, 0.2) is 0 Å². The van der Waals surface area contributed by atoms with E-state index in [0.29, 0.717) is 25.5 Å². The summed E-state index contributed by atoms with van der Waals surface area (Å²) in [5, 5.41) is 0. The minimum Gasteiger partial charge on any atom is -0.439 e. The number of hydrogen-bond donors (Lipinski definition) is 0. The molecule has 0 aliphatic carbocycles. The Morgan fingerprint density at radius 3 is 2.67 bits per heavy atom. The van der Waals surface area contributed by atoms with Gasteiger partial charge in [-0.3, -0.25) is 14.5 Å². The van der Waals surface area contributed by atoms with Crippen LogP contribution in [-0.2, 0) is 16.1 Å². The van der Waals surface area contributed by atoms with Crippen LogP contribution in [-0.4, -0.2) is 70.8 Å². The summed E-state index contributed by atoms with van der Waals surface area (Å²) in [5.41, 5.74) is 1.05. The van der Waals surface area contributed by atoms with E-state index in [-0.39, 0.29) is 24.4 Å². The summed E-state index contributed by atoms with van der Waals surface area (Å²) < 4.78 is 5.71. The first-order chi connectivity index (χ1) is 13.1. The van der Waals surface area contributed by atoms with Crippen LogP contribution in [0.4, 0.5) is 0 Å². The van der Waals surface area contributed by atoms with Gasteiger partial charge >= 0.3 is 0 Å². The van der Waals surface area contributed by atoms with Crippen LogP contribution in [0, 0.1) is 0 Å². The lowest BCUT2D eigenvalue weighted by Crippen LogP contribution is -2.65. The maximum atomic E-state index is 12.4. The summed E-state index contributed by atoms with van der Waals surface area (Å²) in [6, 6.07) is 13.0. The Morgan fingerprint density at radius 1 is 1.11 bits per heavy atom. The first-order valence-corrected chi connectivity index (χ1v) is 9.05. The molecule has 140 valence electrons. The van der Waals surface area contributed by atoms with Crippen molar-refractivity contribution in [3.8, 4) is 11.6 Å². The number of aromatic nitrogens is 1. The van der Waals surface area contributed by atoms with Crippen molar-refractivity contribution in [3.63, 3.8) is 0 Å². The molecule has 0 bridgehead atoms. The maximum absolute atomic E-state index is 12.4. The summed E-state index contributed by atoms with van der Waals surface area (Å²) in [6.07, 6.45) is 1.80. The number of ether oxygens (including phenoxy) is 1. The van der Waals surface area contributed by atoms with Crippen LogP contribution in [0.2, 0.25) is 0 Å². The number of pyridine rings is 1. The lowest BCUT2D eigenvalue weighted by Gasteiger charge is -2.45. The van der Waals surface area contributed by atoms with Crippen molar-refractivity contribution < 1.29 is 14.3 Å². The van der Waals surface area contributed by atoms with Crippen LogP contribution in [0.3, 0.4) is 0 Å². The number of fused-ring (bicyclic) bond motifs is 1. The molecular formula is C20H22N4O3. The van der Waals surface area contributed by atoms with Crippen LogP contribution in [0.5, 0.6) is 11.6 Å². The summed E-state index contributed by atoms with van der Waals surface area (Å²) >= 11 is 0. The van der Waals surface area contributed by atoms with Gasteiger partial charge in [-0.25, -0.2) is 4.98 Å². The minimum absolute atomic E-state index is 0.0176. The zero-order valence-corrected chi connectivity index (χ0v) is 15.2. The molecule has 1 aromatic heterocycles. The largest absolute Gasteiger partial charge is 0.439 e. The number of carbonyl (C=O) groups is 2. The first kappa shape index (κ1) is 17.5. The molecule has 2 amide bonds. The number of benzene rings is 1. The molecule has 2 aliphatic rings. The number of likely N-dealkylation sites (N-methyl/N-ethyl adjacent to an activating group) is 1. The monoisotopic (exact) mass is 366 g/mol. The summed E-state index contributed by atoms with van der Waals surface area (Å²) in [4.78, 5) is 34.3. The fourth-order valence-electron chi connectivity index (χ4n) is 3.55. The van der Waals surface area contributed by atoms with Crippen LogP contribution in [0.25, 0.3) is 0 Å². The highest BCUT2D eigenvalue weighted by atomic mass is 16.5. The van der Waals surface area contributed by atoms with Crippen molar-refractivity contribution in [3.05, 3.63) is 54.2 Å². The second-order valence-electron chi connectivity index (χ2n) is 6.95. The molecule has 0 radical (unpaired) electrons. The maximum Gasteiger partial charge on any atom is 0.246 e. The Hall–Kier alpha value is -2.93. The smallest absolute Gasteiger partial charge is 0.246 e. The average molecular weight is 366 g/mol. The van der Waals surface area contributed by atoms with Gasteiger partial charge in [0.25, 0.3) is 0 Å². The SMILES string of the molecule is CN1CC(=O)N2CCN(Cc3ccc(Oc4ccccc4)nc3)CC2C1=O. The van der Waals surface area contributed by atoms with Gasteiger partial charge in [0.05, 0.1) is 6.54 Å². The average Bonchev–Trinajstić information content (AvgIpc) is 2.68. The van der Waals surface area contributed by atoms with E-state index in [1.165, 1.54) is 4.90 Å². The van der Waals surface area contributed by atoms with Crippen LogP contribution >= 0.6 is 0 Å². The van der Waals surface area contributed by atoms with E-state index < -0.39 is 0 Å². The molecule has 2 aliphatic heterocycles. The zero-order chi connectivity index (χ0) is 18.8. The summed E-state index contributed by atoms with van der Waals surface area (Å²) in [7, 11) is 1.69. The van der Waals surface area contributed by atoms with Crippen molar-refractivity contribution in [2.45, 2.75) is 12.6 Å². The van der Waals surface area contributed by atoms with Gasteiger partial charge in [0, 0.05) is 45.5 Å². The molecule has 2 aromatic rings. The van der Waals surface area contributed by atoms with E-state index in [1.54, 1.807) is 18.1 Å². The molecule has 4 rings (SSSR count). The highest BCUT2D eigenvalue weighted by Crippen LogP contribution is 2.21. The standard InChI is InChI=1S/C20H22N4O3/c1-22-14-19(25)24-10-9-23(13-17(24)20(22)26)12-15-7-8-18(21-11-15)27-16-5-3-2-4-6-16/h2-8,11,17H,9-10,12-14H2,1H3. The van der Waals surface area contributed by atoms with E-state index >= 15 is 0 Å². The third-order valence-electron chi connectivity index (χ3n) is 4.99. The highest BCUT2D eigenvalue weighted by Gasteiger charge is 2.41. The van der Waals surface area contributed by atoms with E-state index in [2.05, 4.69) is 9.88 Å². The highest BCUT2D eigenvalue weighted by molar-refractivity contribution is 5.95. The first-order valence-electron chi connectivity index (χ1n) is 9.05. The quantitative estimate of drug-likeness (QED) is 0.817. The van der Waals surface area contributed by atoms with Gasteiger partial charge in [0.1, 0.15) is 11.8 Å². The van der Waals surface area contributed by atoms with E-state index in [9.17, 15) is 9.59 Å². The Kier molecular flexibility index (Phi) is 4.77. The Balaban J connectivity index is 1.38. The van der Waals surface area contributed by atoms with Gasteiger partial charge < -0.3 is 14.5 Å². The molecule has 0 spiro atoms. The van der Waals surface area contributed by atoms with Crippen LogP contribution < -0.4 is 4.74 Å². The van der Waals surface area contributed by atoms with Crippen molar-refractivity contribution in [2.75, 3.05) is 33.2 Å². The molecule has 0 N–H and O–H groups in total. The molecular weight excluding hydrogens is 344 g/mol. The van der Waals surface area contributed by atoms with Crippen molar-refractivity contribution in [1.29, 1.82) is 0 Å². The van der Waals surface area contributed by atoms with E-state index in [4.69, 9.17) is 4.74 Å². The van der Waals surface area contributed by atoms with E-state index in [0.717, 1.165) is 17.9 Å². The van der Waals surface area contributed by atoms with Gasteiger partial charge in [-0.15, -0.1) is 0 Å². The molecule has 3 heterocycles. The predicted molar refractivity (Wildman–Crippen MR) is 99.2 cm³/mol. The number of carbonyl (C=O) groups excluding carboxylic acids is 2. The Morgan fingerprint density at radius 2 is 1.93 bits per heavy atom. The Labute approximate surface area is 158 Å². The fourth-order valence-corrected chi connectivity index (χ4v) is 3.55. The molecule has 27 heavy (non-hydrogen) atoms. The van der Waals surface area contributed by atoms with Gasteiger partial charge in [0.2, 0.25) is 17.7 Å². The lowest BCUT2D eigenvalue weighted by molar-refractivity contribution is -0.158. The normalized spacial score (nSPS) is 20.6. The molecule has 2 saturated heterocycles. The molecule has 1 unspecified atom stereocenters. The van der Waals surface area contributed by atoms with Crippen molar-refractivity contribution in [1.82, 2.24) is 19.7 Å². The minimum atomic E-state index is -0.376. The molecule has 0 saturated carbocycles. The molecule has 7 heteroatoms. The topological polar surface area (TPSA) is 66.0 Å². The number of hydrogen-bond acceptors (Lipinski definition) is 5. The van der Waals surface area contributed by atoms with Crippen LogP contribution in [0.15, 0.2) is 48.7 Å². The van der Waals surface area contributed by atoms with E-state index in [1.807, 2.05) is 42.5 Å². The number of amides is 2. The van der Waals surface area contributed by atoms with Gasteiger partial charge in [-0.1, -0.05) is 24.3 Å². The number of para-hydroxylation sites is 1. The lowest BCUT2D eigenvalue weighted by atomic mass is 10.1. The number of rotatable bonds is 4. The second-order valence-corrected chi connectivity index (χ2v) is 6.95. The molecule has 1 atom stereocenters. The molecule has 2 fully saturated rings. The number of piperazine rings is 2. The zero-order valence-electron chi connectivity index (χ0n) is 15.2. The predicted octanol–water partition coefficient (Wildman–Crippen LogP) is 1.36. The third-order valence-corrected chi connectivity index (χ3v) is 4.99. The van der Waals surface area contributed by atoms with Gasteiger partial charge in [-0.2, -0.15) is 0 Å². The van der Waals surface area contributed by atoms with Gasteiger partial charge in [-0.05, 0) is 17.7 Å². The summed E-state index contributed by atoms with van der Waals surface area (Å²) in [6.45, 7) is 2.76. The Bertz CT molecular complexity index is 825. The second kappa shape index (κ2) is 7.36. The molecule has 1 aromatic carbocycles. The molecule has 7 nitrogen and oxygen atoms in total. The fraction of sp³-hybridized carbons (Fsp3) is 0.350. The van der Waals surface area contributed by atoms with Crippen molar-refractivity contribution >= 4 is 11.8 Å². The number of nitrogens with zero attached hydrogens (tertiary/aromatic N) is 4. The van der Waals surface area contributed by atoms with Crippen LogP contribution in [0.1, 0.15) is 5.56 Å². The van der Waals surface area contributed by atoms with Crippen molar-refractivity contribution in [2.24, 2.45) is 0 Å². The third kappa shape index (κ3) is 3.78.